The summed E-state index contributed by atoms with van der Waals surface area (Å²) in [6.45, 7) is 1.71. The molecular weight excluding hydrogens is 258 g/mol. The Kier molecular flexibility index (Phi) is 4.47. The first-order chi connectivity index (χ1) is 9.63. The number of aliphatic hydroxyl groups excluding tert-OH is 1. The van der Waals surface area contributed by atoms with Crippen LogP contribution in [0.4, 0.5) is 0 Å². The zero-order valence-corrected chi connectivity index (χ0v) is 11.5. The molecule has 2 aromatic rings. The largest absolute Gasteiger partial charge is 0.481 e. The van der Waals surface area contributed by atoms with Crippen molar-refractivity contribution in [3.8, 4) is 5.88 Å². The number of aliphatic hydroxyl groups is 1. The molecule has 6 nitrogen and oxygen atoms in total. The Labute approximate surface area is 116 Å². The lowest BCUT2D eigenvalue weighted by atomic mass is 10.1. The minimum absolute atomic E-state index is 0.0622. The summed E-state index contributed by atoms with van der Waals surface area (Å²) in [7, 11) is 1.56. The molecule has 0 aromatic carbocycles. The van der Waals surface area contributed by atoms with Gasteiger partial charge in [0.25, 0.3) is 5.56 Å². The van der Waals surface area contributed by atoms with Crippen molar-refractivity contribution in [2.24, 2.45) is 0 Å². The van der Waals surface area contributed by atoms with Crippen LogP contribution >= 0.6 is 0 Å². The molecule has 0 aliphatic rings. The third kappa shape index (κ3) is 3.21. The van der Waals surface area contributed by atoms with Gasteiger partial charge in [0.05, 0.1) is 7.11 Å². The van der Waals surface area contributed by atoms with Crippen LogP contribution in [-0.4, -0.2) is 33.8 Å². The molecule has 0 atom stereocenters. The van der Waals surface area contributed by atoms with Gasteiger partial charge in [0, 0.05) is 43.0 Å². The topological polar surface area (TPSA) is 88.1 Å². The van der Waals surface area contributed by atoms with E-state index >= 15 is 0 Å². The second-order valence-electron chi connectivity index (χ2n) is 4.44. The Bertz CT molecular complexity index is 635. The maximum absolute atomic E-state index is 11.9. The lowest BCUT2D eigenvalue weighted by Crippen LogP contribution is -2.20. The van der Waals surface area contributed by atoms with Gasteiger partial charge in [-0.2, -0.15) is 0 Å². The zero-order valence-electron chi connectivity index (χ0n) is 11.5. The quantitative estimate of drug-likeness (QED) is 0.834. The number of H-pyrrole nitrogens is 1. The molecule has 0 bridgehead atoms. The second kappa shape index (κ2) is 6.29. The van der Waals surface area contributed by atoms with Crippen molar-refractivity contribution in [2.75, 3.05) is 13.7 Å². The Hall–Kier alpha value is -2.21. The standard InChI is InChI=1S/C14H17N3O3/c1-9-11(5-6-18)14(19)17-12(16-9)7-10-3-4-13(20-2)15-8-10/h3-4,8,18H,5-7H2,1-2H3,(H,16,17,19). The minimum atomic E-state index is -0.192. The number of aryl methyl sites for hydroxylation is 1. The summed E-state index contributed by atoms with van der Waals surface area (Å²) >= 11 is 0. The highest BCUT2D eigenvalue weighted by atomic mass is 16.5. The number of rotatable bonds is 5. The molecular formula is C14H17N3O3. The van der Waals surface area contributed by atoms with Crippen molar-refractivity contribution in [3.63, 3.8) is 0 Å². The van der Waals surface area contributed by atoms with Gasteiger partial charge in [-0.3, -0.25) is 4.79 Å². The van der Waals surface area contributed by atoms with Gasteiger partial charge in [0.15, 0.2) is 0 Å². The van der Waals surface area contributed by atoms with Crippen LogP contribution in [0.1, 0.15) is 22.6 Å². The molecule has 2 N–H and O–H groups in total. The van der Waals surface area contributed by atoms with E-state index in [9.17, 15) is 4.79 Å². The molecule has 0 unspecified atom stereocenters. The zero-order chi connectivity index (χ0) is 14.5. The summed E-state index contributed by atoms with van der Waals surface area (Å²) < 4.78 is 4.99. The Balaban J connectivity index is 2.23. The van der Waals surface area contributed by atoms with Crippen LogP contribution in [0.3, 0.4) is 0 Å². The van der Waals surface area contributed by atoms with Gasteiger partial charge in [-0.15, -0.1) is 0 Å². The molecule has 2 heterocycles. The van der Waals surface area contributed by atoms with E-state index in [1.807, 2.05) is 6.07 Å². The molecule has 20 heavy (non-hydrogen) atoms. The van der Waals surface area contributed by atoms with Crippen LogP contribution in [-0.2, 0) is 12.8 Å². The number of aromatic amines is 1. The Morgan fingerprint density at radius 3 is 2.75 bits per heavy atom. The van der Waals surface area contributed by atoms with Crippen LogP contribution in [0.15, 0.2) is 23.1 Å². The van der Waals surface area contributed by atoms with E-state index in [2.05, 4.69) is 15.0 Å². The number of pyridine rings is 1. The predicted molar refractivity (Wildman–Crippen MR) is 74.0 cm³/mol. The van der Waals surface area contributed by atoms with Gasteiger partial charge in [-0.25, -0.2) is 9.97 Å². The van der Waals surface area contributed by atoms with Crippen LogP contribution in [0, 0.1) is 6.92 Å². The molecule has 2 aromatic heterocycles. The number of hydrogen-bond acceptors (Lipinski definition) is 5. The summed E-state index contributed by atoms with van der Waals surface area (Å²) in [6, 6.07) is 3.64. The first kappa shape index (κ1) is 14.2. The maximum Gasteiger partial charge on any atom is 0.254 e. The van der Waals surface area contributed by atoms with Crippen LogP contribution in [0.25, 0.3) is 0 Å². The summed E-state index contributed by atoms with van der Waals surface area (Å²) in [4.78, 5) is 23.1. The van der Waals surface area contributed by atoms with Gasteiger partial charge in [-0.1, -0.05) is 6.07 Å². The molecule has 0 saturated heterocycles. The third-order valence-electron chi connectivity index (χ3n) is 3.01. The first-order valence-electron chi connectivity index (χ1n) is 6.32. The van der Waals surface area contributed by atoms with E-state index in [-0.39, 0.29) is 12.2 Å². The highest BCUT2D eigenvalue weighted by molar-refractivity contribution is 5.23. The highest BCUT2D eigenvalue weighted by Crippen LogP contribution is 2.10. The number of nitrogens with zero attached hydrogens (tertiary/aromatic N) is 2. The van der Waals surface area contributed by atoms with Gasteiger partial charge in [-0.05, 0) is 12.5 Å². The van der Waals surface area contributed by atoms with E-state index < -0.39 is 0 Å². The fraction of sp³-hybridized carbons (Fsp3) is 0.357. The summed E-state index contributed by atoms with van der Waals surface area (Å²) in [5.74, 6) is 1.13. The molecule has 0 saturated carbocycles. The van der Waals surface area contributed by atoms with Crippen molar-refractivity contribution in [1.82, 2.24) is 15.0 Å². The summed E-state index contributed by atoms with van der Waals surface area (Å²) in [5.41, 5.74) is 1.93. The van der Waals surface area contributed by atoms with Gasteiger partial charge in [0.2, 0.25) is 5.88 Å². The average molecular weight is 275 g/mol. The van der Waals surface area contributed by atoms with E-state index in [1.54, 1.807) is 26.3 Å². The first-order valence-corrected chi connectivity index (χ1v) is 6.32. The number of ether oxygens (including phenoxy) is 1. The third-order valence-corrected chi connectivity index (χ3v) is 3.01. The molecule has 2 rings (SSSR count). The summed E-state index contributed by atoms with van der Waals surface area (Å²) in [5, 5.41) is 8.92. The van der Waals surface area contributed by atoms with Gasteiger partial charge in [0.1, 0.15) is 5.82 Å². The maximum atomic E-state index is 11.9. The van der Waals surface area contributed by atoms with Crippen molar-refractivity contribution in [2.45, 2.75) is 19.8 Å². The molecule has 0 spiro atoms. The molecule has 0 amide bonds. The van der Waals surface area contributed by atoms with Crippen LogP contribution < -0.4 is 10.3 Å². The molecule has 0 aliphatic heterocycles. The van der Waals surface area contributed by atoms with Crippen molar-refractivity contribution < 1.29 is 9.84 Å². The monoisotopic (exact) mass is 275 g/mol. The van der Waals surface area contributed by atoms with Crippen molar-refractivity contribution >= 4 is 0 Å². The van der Waals surface area contributed by atoms with E-state index in [1.165, 1.54) is 0 Å². The Morgan fingerprint density at radius 1 is 1.40 bits per heavy atom. The smallest absolute Gasteiger partial charge is 0.254 e. The van der Waals surface area contributed by atoms with Crippen molar-refractivity contribution in [3.05, 3.63) is 51.3 Å². The van der Waals surface area contributed by atoms with E-state index in [0.717, 1.165) is 5.56 Å². The molecule has 0 radical (unpaired) electrons. The number of hydrogen-bond donors (Lipinski definition) is 2. The Morgan fingerprint density at radius 2 is 2.20 bits per heavy atom. The van der Waals surface area contributed by atoms with E-state index in [4.69, 9.17) is 9.84 Å². The fourth-order valence-electron chi connectivity index (χ4n) is 1.99. The summed E-state index contributed by atoms with van der Waals surface area (Å²) in [6.07, 6.45) is 2.50. The van der Waals surface area contributed by atoms with Crippen LogP contribution in [0.5, 0.6) is 5.88 Å². The normalized spacial score (nSPS) is 10.6. The lowest BCUT2D eigenvalue weighted by molar-refractivity contribution is 0.298. The van der Waals surface area contributed by atoms with Crippen molar-refractivity contribution in [1.29, 1.82) is 0 Å². The second-order valence-corrected chi connectivity index (χ2v) is 4.44. The lowest BCUT2D eigenvalue weighted by Gasteiger charge is -2.06. The number of aromatic nitrogens is 3. The van der Waals surface area contributed by atoms with E-state index in [0.29, 0.717) is 35.8 Å². The number of nitrogens with one attached hydrogen (secondary N) is 1. The molecule has 0 aliphatic carbocycles. The molecule has 0 fully saturated rings. The molecule has 6 heteroatoms. The van der Waals surface area contributed by atoms with Crippen LogP contribution in [0.2, 0.25) is 0 Å². The highest BCUT2D eigenvalue weighted by Gasteiger charge is 2.08. The predicted octanol–water partition coefficient (Wildman–Crippen LogP) is 0.608. The SMILES string of the molecule is COc1ccc(Cc2nc(C)c(CCO)c(=O)[nH]2)cn1. The number of methoxy groups -OCH3 is 1. The fourth-order valence-corrected chi connectivity index (χ4v) is 1.99. The minimum Gasteiger partial charge on any atom is -0.481 e. The average Bonchev–Trinajstić information content (AvgIpc) is 2.44. The molecule has 106 valence electrons. The van der Waals surface area contributed by atoms with Gasteiger partial charge < -0.3 is 14.8 Å². The van der Waals surface area contributed by atoms with Gasteiger partial charge >= 0.3 is 0 Å².